The maximum Gasteiger partial charge on any atom is 0.120 e. The average molecular weight is 162 g/mol. The first kappa shape index (κ1) is 10.6. The maximum atomic E-state index is 9.95. The molecule has 0 atom stereocenters. The van der Waals surface area contributed by atoms with E-state index in [1.165, 1.54) is 0 Å². The molecule has 0 spiro atoms. The summed E-state index contributed by atoms with van der Waals surface area (Å²) in [4.78, 5) is 9.95. The van der Waals surface area contributed by atoms with Crippen LogP contribution in [0, 0.1) is 5.41 Å². The van der Waals surface area contributed by atoms with Gasteiger partial charge in [0.1, 0.15) is 6.29 Å². The monoisotopic (exact) mass is 162 g/mol. The van der Waals surface area contributed by atoms with Crippen molar-refractivity contribution < 1.29 is 20.1 Å². The number of aliphatic hydroxyl groups is 3. The summed E-state index contributed by atoms with van der Waals surface area (Å²) in [5, 5.41) is 26.3. The topological polar surface area (TPSA) is 77.8 Å². The van der Waals surface area contributed by atoms with Gasteiger partial charge in [-0.15, -0.1) is 0 Å². The van der Waals surface area contributed by atoms with Crippen molar-refractivity contribution in [3.8, 4) is 0 Å². The van der Waals surface area contributed by atoms with Gasteiger partial charge in [0.05, 0.1) is 19.8 Å². The van der Waals surface area contributed by atoms with E-state index < -0.39 is 5.41 Å². The quantitative estimate of drug-likeness (QED) is 0.434. The number of aliphatic hydroxyl groups excluding tert-OH is 3. The molecule has 0 fully saturated rings. The second-order valence-corrected chi connectivity index (χ2v) is 2.68. The smallest absolute Gasteiger partial charge is 0.120 e. The molecule has 0 rings (SSSR count). The molecule has 0 unspecified atom stereocenters. The molecule has 4 nitrogen and oxygen atoms in total. The summed E-state index contributed by atoms with van der Waals surface area (Å²) in [7, 11) is 0. The molecule has 0 aromatic carbocycles. The van der Waals surface area contributed by atoms with Crippen LogP contribution >= 0.6 is 0 Å². The minimum atomic E-state index is -0.888. The van der Waals surface area contributed by atoms with E-state index in [1.807, 2.05) is 0 Å². The van der Waals surface area contributed by atoms with Crippen molar-refractivity contribution in [2.45, 2.75) is 12.8 Å². The Morgan fingerprint density at radius 1 is 1.09 bits per heavy atom. The summed E-state index contributed by atoms with van der Waals surface area (Å²) in [5.74, 6) is 0. The van der Waals surface area contributed by atoms with Crippen LogP contribution < -0.4 is 0 Å². The second-order valence-electron chi connectivity index (χ2n) is 2.68. The van der Waals surface area contributed by atoms with Gasteiger partial charge in [0.15, 0.2) is 0 Å². The SMILES string of the molecule is O=CCCC(CO)(CO)CO. The maximum absolute atomic E-state index is 9.95. The van der Waals surface area contributed by atoms with Crippen molar-refractivity contribution in [2.75, 3.05) is 19.8 Å². The normalized spacial score (nSPS) is 11.5. The lowest BCUT2D eigenvalue weighted by atomic mass is 9.86. The second kappa shape index (κ2) is 5.23. The lowest BCUT2D eigenvalue weighted by molar-refractivity contribution is -0.109. The van der Waals surface area contributed by atoms with Crippen molar-refractivity contribution >= 4 is 6.29 Å². The Kier molecular flexibility index (Phi) is 5.02. The highest BCUT2D eigenvalue weighted by Gasteiger charge is 2.26. The van der Waals surface area contributed by atoms with Crippen LogP contribution in [-0.4, -0.2) is 41.4 Å². The van der Waals surface area contributed by atoms with Gasteiger partial charge in [-0.25, -0.2) is 0 Å². The molecule has 0 aliphatic rings. The molecule has 0 amide bonds. The lowest BCUT2D eigenvalue weighted by Crippen LogP contribution is -2.33. The van der Waals surface area contributed by atoms with E-state index in [-0.39, 0.29) is 26.2 Å². The van der Waals surface area contributed by atoms with Gasteiger partial charge in [0, 0.05) is 11.8 Å². The number of hydrogen-bond acceptors (Lipinski definition) is 4. The molecule has 4 heteroatoms. The highest BCUT2D eigenvalue weighted by atomic mass is 16.3. The van der Waals surface area contributed by atoms with E-state index >= 15 is 0 Å². The molecule has 0 aliphatic carbocycles. The predicted octanol–water partition coefficient (Wildman–Crippen LogP) is -1.07. The molecule has 0 aliphatic heterocycles. The molecule has 0 bridgehead atoms. The molecule has 0 saturated heterocycles. The third kappa shape index (κ3) is 2.96. The number of carbonyl (C=O) groups excluding carboxylic acids is 1. The van der Waals surface area contributed by atoms with E-state index in [0.717, 1.165) is 0 Å². The van der Waals surface area contributed by atoms with Gasteiger partial charge in [-0.3, -0.25) is 0 Å². The Morgan fingerprint density at radius 2 is 1.55 bits per heavy atom. The molecular weight excluding hydrogens is 148 g/mol. The Labute approximate surface area is 65.5 Å². The number of hydrogen-bond donors (Lipinski definition) is 3. The molecule has 0 heterocycles. The van der Waals surface area contributed by atoms with E-state index in [2.05, 4.69) is 0 Å². The van der Waals surface area contributed by atoms with Gasteiger partial charge in [-0.05, 0) is 6.42 Å². The van der Waals surface area contributed by atoms with Crippen LogP contribution in [-0.2, 0) is 4.79 Å². The number of rotatable bonds is 6. The molecule has 66 valence electrons. The van der Waals surface area contributed by atoms with Crippen molar-refractivity contribution in [1.82, 2.24) is 0 Å². The van der Waals surface area contributed by atoms with E-state index in [1.54, 1.807) is 0 Å². The largest absolute Gasteiger partial charge is 0.396 e. The third-order valence-corrected chi connectivity index (χ3v) is 1.80. The van der Waals surface area contributed by atoms with Crippen LogP contribution in [0.15, 0.2) is 0 Å². The minimum absolute atomic E-state index is 0.252. The van der Waals surface area contributed by atoms with Gasteiger partial charge in [-0.2, -0.15) is 0 Å². The van der Waals surface area contributed by atoms with Crippen molar-refractivity contribution in [3.63, 3.8) is 0 Å². The van der Waals surface area contributed by atoms with E-state index in [4.69, 9.17) is 15.3 Å². The zero-order valence-electron chi connectivity index (χ0n) is 6.36. The molecule has 11 heavy (non-hydrogen) atoms. The van der Waals surface area contributed by atoms with Crippen LogP contribution in [0.4, 0.5) is 0 Å². The van der Waals surface area contributed by atoms with E-state index in [9.17, 15) is 4.79 Å². The molecule has 0 aromatic heterocycles. The van der Waals surface area contributed by atoms with Crippen LogP contribution in [0.1, 0.15) is 12.8 Å². The number of aldehydes is 1. The summed E-state index contributed by atoms with van der Waals surface area (Å²) in [6.45, 7) is -0.893. The zero-order valence-corrected chi connectivity index (χ0v) is 6.36. The third-order valence-electron chi connectivity index (χ3n) is 1.80. The van der Waals surface area contributed by atoms with Crippen molar-refractivity contribution in [1.29, 1.82) is 0 Å². The summed E-state index contributed by atoms with van der Waals surface area (Å²) < 4.78 is 0. The Bertz CT molecular complexity index is 101. The van der Waals surface area contributed by atoms with Crippen molar-refractivity contribution in [2.24, 2.45) is 5.41 Å². The Morgan fingerprint density at radius 3 is 1.82 bits per heavy atom. The standard InChI is InChI=1S/C7H14O4/c8-3-1-2-7(4-9,5-10)6-11/h3,9-11H,1-2,4-6H2. The van der Waals surface area contributed by atoms with Crippen LogP contribution in [0.2, 0.25) is 0 Å². The zero-order chi connectivity index (χ0) is 8.74. The van der Waals surface area contributed by atoms with Gasteiger partial charge in [-0.1, -0.05) is 0 Å². The average Bonchev–Trinajstić information content (AvgIpc) is 2.08. The highest BCUT2D eigenvalue weighted by Crippen LogP contribution is 2.20. The molecule has 0 radical (unpaired) electrons. The first-order valence-corrected chi connectivity index (χ1v) is 3.51. The van der Waals surface area contributed by atoms with Crippen LogP contribution in [0.3, 0.4) is 0 Å². The number of carbonyl (C=O) groups is 1. The fraction of sp³-hybridized carbons (Fsp3) is 0.857. The lowest BCUT2D eigenvalue weighted by Gasteiger charge is -2.25. The summed E-state index contributed by atoms with van der Waals surface area (Å²) in [5.41, 5.74) is -0.888. The fourth-order valence-corrected chi connectivity index (χ4v) is 0.752. The van der Waals surface area contributed by atoms with Gasteiger partial charge in [0.25, 0.3) is 0 Å². The Hall–Kier alpha value is -0.450. The highest BCUT2D eigenvalue weighted by molar-refractivity contribution is 5.49. The summed E-state index contributed by atoms with van der Waals surface area (Å²) >= 11 is 0. The van der Waals surface area contributed by atoms with Crippen LogP contribution in [0.5, 0.6) is 0 Å². The van der Waals surface area contributed by atoms with Gasteiger partial charge < -0.3 is 20.1 Å². The summed E-state index contributed by atoms with van der Waals surface area (Å²) in [6.07, 6.45) is 1.28. The van der Waals surface area contributed by atoms with Gasteiger partial charge in [0.2, 0.25) is 0 Å². The van der Waals surface area contributed by atoms with Crippen molar-refractivity contribution in [3.05, 3.63) is 0 Å². The van der Waals surface area contributed by atoms with E-state index in [0.29, 0.717) is 12.7 Å². The fourth-order valence-electron chi connectivity index (χ4n) is 0.752. The Balaban J connectivity index is 3.93. The molecule has 3 N–H and O–H groups in total. The predicted molar refractivity (Wildman–Crippen MR) is 39.0 cm³/mol. The first-order valence-electron chi connectivity index (χ1n) is 3.51. The summed E-state index contributed by atoms with van der Waals surface area (Å²) in [6, 6.07) is 0. The molecular formula is C7H14O4. The molecule has 0 aromatic rings. The first-order chi connectivity index (χ1) is 5.24. The van der Waals surface area contributed by atoms with Gasteiger partial charge >= 0.3 is 0 Å². The molecule has 0 saturated carbocycles. The van der Waals surface area contributed by atoms with Crippen LogP contribution in [0.25, 0.3) is 0 Å². The minimum Gasteiger partial charge on any atom is -0.396 e.